The highest BCUT2D eigenvalue weighted by atomic mass is 16.1. The largest absolute Gasteiger partial charge is 0.370 e. The van der Waals surface area contributed by atoms with Gasteiger partial charge in [-0.1, -0.05) is 6.92 Å². The Kier molecular flexibility index (Phi) is 9.18. The minimum absolute atomic E-state index is 0.195. The van der Waals surface area contributed by atoms with Gasteiger partial charge in [-0.15, -0.1) is 0 Å². The Hall–Kier alpha value is -1.34. The van der Waals surface area contributed by atoms with Gasteiger partial charge in [0.1, 0.15) is 0 Å². The van der Waals surface area contributed by atoms with E-state index >= 15 is 0 Å². The number of amides is 1. The Labute approximate surface area is 159 Å². The zero-order chi connectivity index (χ0) is 18.8. The first kappa shape index (κ1) is 21.0. The number of piperidine rings is 1. The van der Waals surface area contributed by atoms with Crippen molar-refractivity contribution in [3.63, 3.8) is 0 Å². The number of nitrogens with zero attached hydrogens (tertiary/aromatic N) is 4. The van der Waals surface area contributed by atoms with Gasteiger partial charge in [-0.05, 0) is 44.7 Å². The predicted molar refractivity (Wildman–Crippen MR) is 107 cm³/mol. The molecular weight excluding hydrogens is 328 g/mol. The van der Waals surface area contributed by atoms with E-state index in [0.717, 1.165) is 44.9 Å². The fourth-order valence-electron chi connectivity index (χ4n) is 4.03. The van der Waals surface area contributed by atoms with Gasteiger partial charge in [-0.3, -0.25) is 9.79 Å². The van der Waals surface area contributed by atoms with Gasteiger partial charge in [0.05, 0.1) is 0 Å². The van der Waals surface area contributed by atoms with Gasteiger partial charge in [-0.2, -0.15) is 0 Å². The summed E-state index contributed by atoms with van der Waals surface area (Å²) in [6.45, 7) is 12.3. The maximum Gasteiger partial charge on any atom is 0.217 e. The van der Waals surface area contributed by atoms with Gasteiger partial charge in [0, 0.05) is 59.3 Å². The van der Waals surface area contributed by atoms with Crippen molar-refractivity contribution in [1.29, 1.82) is 0 Å². The van der Waals surface area contributed by atoms with E-state index in [9.17, 15) is 4.79 Å². The average molecular weight is 367 g/mol. The SMILES string of the molecule is CCN1CCN(CCCCNC(=NC)N2CCCC(CC(N)=O)C2)CC1. The third kappa shape index (κ3) is 7.11. The van der Waals surface area contributed by atoms with Crippen LogP contribution in [0.1, 0.15) is 39.0 Å². The smallest absolute Gasteiger partial charge is 0.217 e. The normalized spacial score (nSPS) is 23.2. The number of primary amides is 1. The van der Waals surface area contributed by atoms with Gasteiger partial charge >= 0.3 is 0 Å². The fourth-order valence-corrected chi connectivity index (χ4v) is 4.03. The second-order valence-corrected chi connectivity index (χ2v) is 7.58. The van der Waals surface area contributed by atoms with E-state index in [1.54, 1.807) is 0 Å². The number of carbonyl (C=O) groups excluding carboxylic acids is 1. The van der Waals surface area contributed by atoms with E-state index in [1.165, 1.54) is 45.7 Å². The quantitative estimate of drug-likeness (QED) is 0.373. The molecule has 2 heterocycles. The molecule has 0 saturated carbocycles. The van der Waals surface area contributed by atoms with E-state index in [4.69, 9.17) is 5.73 Å². The minimum Gasteiger partial charge on any atom is -0.370 e. The number of unbranched alkanes of at least 4 members (excludes halogenated alkanes) is 1. The Morgan fingerprint density at radius 2 is 1.88 bits per heavy atom. The van der Waals surface area contributed by atoms with E-state index in [0.29, 0.717) is 12.3 Å². The lowest BCUT2D eigenvalue weighted by Crippen LogP contribution is -2.47. The van der Waals surface area contributed by atoms with Gasteiger partial charge in [0.2, 0.25) is 5.91 Å². The Morgan fingerprint density at radius 1 is 1.15 bits per heavy atom. The number of piperazine rings is 1. The molecular formula is C19H38N6O. The van der Waals surface area contributed by atoms with E-state index in [-0.39, 0.29) is 5.91 Å². The van der Waals surface area contributed by atoms with Crippen molar-refractivity contribution in [3.05, 3.63) is 0 Å². The number of aliphatic imine (C=N–C) groups is 1. The molecule has 150 valence electrons. The van der Waals surface area contributed by atoms with Crippen molar-refractivity contribution in [2.75, 3.05) is 66.0 Å². The zero-order valence-electron chi connectivity index (χ0n) is 16.8. The Morgan fingerprint density at radius 3 is 2.54 bits per heavy atom. The highest BCUT2D eigenvalue weighted by Gasteiger charge is 2.23. The van der Waals surface area contributed by atoms with Crippen LogP contribution in [-0.4, -0.2) is 92.5 Å². The lowest BCUT2D eigenvalue weighted by atomic mass is 9.95. The summed E-state index contributed by atoms with van der Waals surface area (Å²) in [5, 5.41) is 3.50. The molecule has 1 unspecified atom stereocenters. The van der Waals surface area contributed by atoms with Crippen molar-refractivity contribution in [2.45, 2.75) is 39.0 Å². The molecule has 2 aliphatic heterocycles. The van der Waals surface area contributed by atoms with Crippen LogP contribution in [0.25, 0.3) is 0 Å². The summed E-state index contributed by atoms with van der Waals surface area (Å²) in [5.74, 6) is 1.14. The van der Waals surface area contributed by atoms with Crippen LogP contribution in [0.4, 0.5) is 0 Å². The topological polar surface area (TPSA) is 77.2 Å². The van der Waals surface area contributed by atoms with Gasteiger partial charge < -0.3 is 25.8 Å². The van der Waals surface area contributed by atoms with E-state index < -0.39 is 0 Å². The fraction of sp³-hybridized carbons (Fsp3) is 0.895. The molecule has 7 nitrogen and oxygen atoms in total. The summed E-state index contributed by atoms with van der Waals surface area (Å²) in [6.07, 6.45) is 5.05. The molecule has 2 aliphatic rings. The Balaban J connectivity index is 1.61. The monoisotopic (exact) mass is 366 g/mol. The van der Waals surface area contributed by atoms with Crippen molar-refractivity contribution in [3.8, 4) is 0 Å². The van der Waals surface area contributed by atoms with Gasteiger partial charge in [-0.25, -0.2) is 0 Å². The minimum atomic E-state index is -0.195. The molecule has 2 rings (SSSR count). The summed E-state index contributed by atoms with van der Waals surface area (Å²) >= 11 is 0. The molecule has 0 aliphatic carbocycles. The zero-order valence-corrected chi connectivity index (χ0v) is 16.8. The van der Waals surface area contributed by atoms with Crippen molar-refractivity contribution in [2.24, 2.45) is 16.6 Å². The molecule has 26 heavy (non-hydrogen) atoms. The number of rotatable bonds is 8. The lowest BCUT2D eigenvalue weighted by Gasteiger charge is -2.35. The number of nitrogens with two attached hydrogens (primary N) is 1. The highest BCUT2D eigenvalue weighted by Crippen LogP contribution is 2.19. The third-order valence-electron chi connectivity index (χ3n) is 5.62. The lowest BCUT2D eigenvalue weighted by molar-refractivity contribution is -0.119. The number of likely N-dealkylation sites (N-methyl/N-ethyl adjacent to an activating group) is 1. The molecule has 0 aromatic heterocycles. The first-order valence-corrected chi connectivity index (χ1v) is 10.3. The summed E-state index contributed by atoms with van der Waals surface area (Å²) in [5.41, 5.74) is 5.36. The van der Waals surface area contributed by atoms with Crippen molar-refractivity contribution >= 4 is 11.9 Å². The maximum atomic E-state index is 11.2. The summed E-state index contributed by atoms with van der Waals surface area (Å²) in [7, 11) is 1.84. The van der Waals surface area contributed by atoms with Crippen LogP contribution in [0, 0.1) is 5.92 Å². The number of carbonyl (C=O) groups is 1. The van der Waals surface area contributed by atoms with Gasteiger partial charge in [0.25, 0.3) is 0 Å². The molecule has 1 amide bonds. The molecule has 2 saturated heterocycles. The molecule has 1 atom stereocenters. The van der Waals surface area contributed by atoms with Crippen molar-refractivity contribution < 1.29 is 4.79 Å². The van der Waals surface area contributed by atoms with Crippen LogP contribution in [-0.2, 0) is 4.79 Å². The second-order valence-electron chi connectivity index (χ2n) is 7.58. The molecule has 0 bridgehead atoms. The van der Waals surface area contributed by atoms with Crippen LogP contribution in [0.2, 0.25) is 0 Å². The maximum absolute atomic E-state index is 11.2. The average Bonchev–Trinajstić information content (AvgIpc) is 2.65. The van der Waals surface area contributed by atoms with E-state index in [1.807, 2.05) is 7.05 Å². The van der Waals surface area contributed by atoms with Crippen LogP contribution < -0.4 is 11.1 Å². The molecule has 0 aromatic carbocycles. The molecule has 0 spiro atoms. The second kappa shape index (κ2) is 11.4. The number of likely N-dealkylation sites (tertiary alicyclic amines) is 1. The molecule has 0 aromatic rings. The molecule has 7 heteroatoms. The summed E-state index contributed by atoms with van der Waals surface area (Å²) in [4.78, 5) is 23.0. The Bertz CT molecular complexity index is 447. The number of guanidine groups is 1. The van der Waals surface area contributed by atoms with Gasteiger partial charge in [0.15, 0.2) is 5.96 Å². The molecule has 2 fully saturated rings. The molecule has 3 N–H and O–H groups in total. The third-order valence-corrected chi connectivity index (χ3v) is 5.62. The number of hydrogen-bond donors (Lipinski definition) is 2. The number of nitrogens with one attached hydrogen (secondary N) is 1. The predicted octanol–water partition coefficient (Wildman–Crippen LogP) is 0.567. The number of hydrogen-bond acceptors (Lipinski definition) is 4. The van der Waals surface area contributed by atoms with Crippen LogP contribution in [0.3, 0.4) is 0 Å². The highest BCUT2D eigenvalue weighted by molar-refractivity contribution is 5.80. The summed E-state index contributed by atoms with van der Waals surface area (Å²) < 4.78 is 0. The summed E-state index contributed by atoms with van der Waals surface area (Å²) in [6, 6.07) is 0. The van der Waals surface area contributed by atoms with Crippen molar-refractivity contribution in [1.82, 2.24) is 20.0 Å². The van der Waals surface area contributed by atoms with Crippen LogP contribution in [0.5, 0.6) is 0 Å². The first-order valence-electron chi connectivity index (χ1n) is 10.3. The van der Waals surface area contributed by atoms with Crippen LogP contribution in [0.15, 0.2) is 4.99 Å². The first-order chi connectivity index (χ1) is 12.6. The van der Waals surface area contributed by atoms with E-state index in [2.05, 4.69) is 31.9 Å². The molecule has 0 radical (unpaired) electrons. The standard InChI is InChI=1S/C19H38N6O/c1-3-23-11-13-24(14-12-23)9-5-4-8-22-19(21-2)25-10-6-7-17(16-25)15-18(20)26/h17H,3-16H2,1-2H3,(H2,20,26)(H,21,22). The van der Waals surface area contributed by atoms with Crippen LogP contribution >= 0.6 is 0 Å².